The van der Waals surface area contributed by atoms with E-state index in [9.17, 15) is 0 Å². The summed E-state index contributed by atoms with van der Waals surface area (Å²) in [5.41, 5.74) is 0. The lowest BCUT2D eigenvalue weighted by Gasteiger charge is -1.90. The van der Waals surface area contributed by atoms with Crippen LogP contribution in [0, 0.1) is 0 Å². The van der Waals surface area contributed by atoms with Gasteiger partial charge in [0.25, 0.3) is 0 Å². The Morgan fingerprint density at radius 1 is 0.647 bits per heavy atom. The number of rotatable bonds is 10. The van der Waals surface area contributed by atoms with E-state index >= 15 is 0 Å². The van der Waals surface area contributed by atoms with Gasteiger partial charge in [-0.25, -0.2) is 0 Å². The molecule has 0 aromatic carbocycles. The molecule has 0 aliphatic carbocycles. The molecule has 0 amide bonds. The first kappa shape index (κ1) is 16.0. The first-order valence-corrected chi connectivity index (χ1v) is 6.98. The third-order valence-corrected chi connectivity index (χ3v) is 2.53. The quantitative estimate of drug-likeness (QED) is 0.321. The van der Waals surface area contributed by atoms with Gasteiger partial charge in [0.05, 0.1) is 0 Å². The van der Waals surface area contributed by atoms with Crippen LogP contribution in [0.4, 0.5) is 0 Å². The van der Waals surface area contributed by atoms with Crippen molar-refractivity contribution >= 4 is 0 Å². The molecular formula is C17H28. The summed E-state index contributed by atoms with van der Waals surface area (Å²) < 4.78 is 0. The molecule has 0 aliphatic heterocycles. The fourth-order valence-corrected chi connectivity index (χ4v) is 1.48. The Morgan fingerprint density at radius 3 is 1.71 bits per heavy atom. The van der Waals surface area contributed by atoms with Crippen molar-refractivity contribution in [3.05, 3.63) is 48.6 Å². The summed E-state index contributed by atoms with van der Waals surface area (Å²) in [7, 11) is 0. The van der Waals surface area contributed by atoms with Crippen molar-refractivity contribution in [3.8, 4) is 0 Å². The lowest BCUT2D eigenvalue weighted by Crippen LogP contribution is -1.70. The smallest absolute Gasteiger partial charge is 0.0169 e. The Morgan fingerprint density at radius 2 is 1.18 bits per heavy atom. The van der Waals surface area contributed by atoms with E-state index in [1.54, 1.807) is 0 Å². The number of hydrogen-bond acceptors (Lipinski definition) is 0. The van der Waals surface area contributed by atoms with E-state index in [1.165, 1.54) is 25.7 Å². The zero-order chi connectivity index (χ0) is 12.6. The van der Waals surface area contributed by atoms with Gasteiger partial charge in [0.1, 0.15) is 0 Å². The second-order valence-electron chi connectivity index (χ2n) is 4.19. The van der Waals surface area contributed by atoms with Crippen LogP contribution in [0.1, 0.15) is 58.8 Å². The van der Waals surface area contributed by atoms with Crippen molar-refractivity contribution in [1.82, 2.24) is 0 Å². The molecule has 0 heterocycles. The lowest BCUT2D eigenvalue weighted by molar-refractivity contribution is 0.728. The van der Waals surface area contributed by atoms with Gasteiger partial charge in [-0.1, -0.05) is 68.4 Å². The van der Waals surface area contributed by atoms with E-state index in [-0.39, 0.29) is 0 Å². The molecule has 17 heavy (non-hydrogen) atoms. The predicted octanol–water partition coefficient (Wildman–Crippen LogP) is 5.98. The SMILES string of the molecule is CC=CCC=CCC=CCC=CCCCCC. The molecule has 0 aliphatic rings. The monoisotopic (exact) mass is 232 g/mol. The molecule has 0 nitrogen and oxygen atoms in total. The maximum absolute atomic E-state index is 2.31. The minimum atomic E-state index is 1.06. The summed E-state index contributed by atoms with van der Waals surface area (Å²) in [6, 6.07) is 0. The minimum Gasteiger partial charge on any atom is -0.0914 e. The molecule has 0 saturated carbocycles. The molecule has 0 saturated heterocycles. The fourth-order valence-electron chi connectivity index (χ4n) is 1.48. The van der Waals surface area contributed by atoms with Gasteiger partial charge in [0.2, 0.25) is 0 Å². The molecule has 0 fully saturated rings. The van der Waals surface area contributed by atoms with Crippen molar-refractivity contribution in [3.63, 3.8) is 0 Å². The van der Waals surface area contributed by atoms with Gasteiger partial charge in [-0.3, -0.25) is 0 Å². The second kappa shape index (κ2) is 15.0. The summed E-state index contributed by atoms with van der Waals surface area (Å²) in [5, 5.41) is 0. The van der Waals surface area contributed by atoms with Gasteiger partial charge in [-0.15, -0.1) is 0 Å². The van der Waals surface area contributed by atoms with Crippen molar-refractivity contribution in [1.29, 1.82) is 0 Å². The third kappa shape index (κ3) is 15.0. The Labute approximate surface area is 108 Å². The lowest BCUT2D eigenvalue weighted by atomic mass is 10.2. The van der Waals surface area contributed by atoms with E-state index in [1.807, 2.05) is 0 Å². The molecule has 0 radical (unpaired) electrons. The van der Waals surface area contributed by atoms with Crippen LogP contribution in [-0.2, 0) is 0 Å². The first-order valence-electron chi connectivity index (χ1n) is 6.98. The normalized spacial score (nSPS) is 12.8. The second-order valence-corrected chi connectivity index (χ2v) is 4.19. The summed E-state index contributed by atoms with van der Waals surface area (Å²) in [4.78, 5) is 0. The van der Waals surface area contributed by atoms with Crippen LogP contribution in [0.15, 0.2) is 48.6 Å². The molecule has 0 N–H and O–H groups in total. The Bertz CT molecular complexity index is 241. The Kier molecular flexibility index (Phi) is 14.0. The molecule has 0 atom stereocenters. The van der Waals surface area contributed by atoms with Crippen LogP contribution in [0.2, 0.25) is 0 Å². The van der Waals surface area contributed by atoms with E-state index in [2.05, 4.69) is 62.5 Å². The van der Waals surface area contributed by atoms with Crippen molar-refractivity contribution in [2.24, 2.45) is 0 Å². The summed E-state index contributed by atoms with van der Waals surface area (Å²) >= 11 is 0. The molecule has 0 rings (SSSR count). The summed E-state index contributed by atoms with van der Waals surface area (Å²) in [6.45, 7) is 4.30. The van der Waals surface area contributed by atoms with Crippen LogP contribution in [-0.4, -0.2) is 0 Å². The maximum atomic E-state index is 2.31. The largest absolute Gasteiger partial charge is 0.0914 e. The highest BCUT2D eigenvalue weighted by atomic mass is 13.9. The molecule has 0 unspecified atom stereocenters. The molecule has 96 valence electrons. The van der Waals surface area contributed by atoms with Crippen LogP contribution >= 0.6 is 0 Å². The highest BCUT2D eigenvalue weighted by molar-refractivity contribution is 4.98. The van der Waals surface area contributed by atoms with Crippen LogP contribution in [0.5, 0.6) is 0 Å². The number of allylic oxidation sites excluding steroid dienone is 8. The average Bonchev–Trinajstić information content (AvgIpc) is 2.35. The number of unbranched alkanes of at least 4 members (excludes halogenated alkanes) is 3. The highest BCUT2D eigenvalue weighted by Gasteiger charge is 1.80. The van der Waals surface area contributed by atoms with Crippen LogP contribution in [0.3, 0.4) is 0 Å². The molecule has 0 aromatic rings. The zero-order valence-electron chi connectivity index (χ0n) is 11.6. The van der Waals surface area contributed by atoms with Crippen LogP contribution < -0.4 is 0 Å². The van der Waals surface area contributed by atoms with Gasteiger partial charge >= 0.3 is 0 Å². The standard InChI is InChI=1S/C17H28/c1-3-5-7-9-11-13-15-17-16-14-12-10-8-6-4-2/h3,5,9,11-12,14-15,17H,4,6-8,10,13,16H2,1-2H3. The minimum absolute atomic E-state index is 1.06. The molecule has 0 heteroatoms. The van der Waals surface area contributed by atoms with E-state index in [4.69, 9.17) is 0 Å². The molecule has 0 bridgehead atoms. The third-order valence-electron chi connectivity index (χ3n) is 2.53. The zero-order valence-corrected chi connectivity index (χ0v) is 11.6. The van der Waals surface area contributed by atoms with Gasteiger partial charge in [-0.05, 0) is 39.0 Å². The summed E-state index contributed by atoms with van der Waals surface area (Å²) in [6.07, 6.45) is 26.2. The van der Waals surface area contributed by atoms with Crippen molar-refractivity contribution < 1.29 is 0 Å². The Balaban J connectivity index is 3.32. The van der Waals surface area contributed by atoms with Crippen molar-refractivity contribution in [2.75, 3.05) is 0 Å². The van der Waals surface area contributed by atoms with Crippen LogP contribution in [0.25, 0.3) is 0 Å². The van der Waals surface area contributed by atoms with Crippen molar-refractivity contribution in [2.45, 2.75) is 58.8 Å². The van der Waals surface area contributed by atoms with Gasteiger partial charge in [0, 0.05) is 0 Å². The maximum Gasteiger partial charge on any atom is -0.0169 e. The molecule has 0 aromatic heterocycles. The highest BCUT2D eigenvalue weighted by Crippen LogP contribution is 2.00. The topological polar surface area (TPSA) is 0 Å². The number of hydrogen-bond donors (Lipinski definition) is 0. The summed E-state index contributed by atoms with van der Waals surface area (Å²) in [5.74, 6) is 0. The van der Waals surface area contributed by atoms with E-state index in [0.717, 1.165) is 19.3 Å². The first-order chi connectivity index (χ1) is 8.41. The molecule has 0 spiro atoms. The van der Waals surface area contributed by atoms with Gasteiger partial charge < -0.3 is 0 Å². The average molecular weight is 232 g/mol. The Hall–Kier alpha value is -1.04. The molecular weight excluding hydrogens is 204 g/mol. The van der Waals surface area contributed by atoms with Gasteiger partial charge in [-0.2, -0.15) is 0 Å². The van der Waals surface area contributed by atoms with E-state index in [0.29, 0.717) is 0 Å². The van der Waals surface area contributed by atoms with Gasteiger partial charge in [0.15, 0.2) is 0 Å². The fraction of sp³-hybridized carbons (Fsp3) is 0.529. The predicted molar refractivity (Wildman–Crippen MR) is 80.2 cm³/mol. The van der Waals surface area contributed by atoms with E-state index < -0.39 is 0 Å².